The minimum atomic E-state index is -0.592. The third-order valence-electron chi connectivity index (χ3n) is 2.83. The summed E-state index contributed by atoms with van der Waals surface area (Å²) >= 11 is 0. The van der Waals surface area contributed by atoms with Gasteiger partial charge in [0.15, 0.2) is 0 Å². The third-order valence-corrected chi connectivity index (χ3v) is 2.83. The molecule has 0 spiro atoms. The van der Waals surface area contributed by atoms with Crippen LogP contribution in [0.3, 0.4) is 0 Å². The van der Waals surface area contributed by atoms with E-state index in [4.69, 9.17) is 4.74 Å². The van der Waals surface area contributed by atoms with Crippen LogP contribution in [0.15, 0.2) is 18.7 Å². The number of ether oxygens (including phenoxy) is 1. The minimum Gasteiger partial charge on any atom is -0.377 e. The number of hydrogen-bond acceptors (Lipinski definition) is 4. The maximum Gasteiger partial charge on any atom is 0.330 e. The molecule has 1 saturated heterocycles. The molecular formula is C12H18N4O3. The molecule has 2 amide bonds. The minimum absolute atomic E-state index is 0.0274. The fourth-order valence-corrected chi connectivity index (χ4v) is 1.95. The van der Waals surface area contributed by atoms with E-state index in [1.807, 2.05) is 13.8 Å². The largest absolute Gasteiger partial charge is 0.377 e. The van der Waals surface area contributed by atoms with Crippen molar-refractivity contribution in [3.8, 4) is 0 Å². The molecule has 0 saturated carbocycles. The predicted octanol–water partition coefficient (Wildman–Crippen LogP) is 0.0766. The molecule has 2 rings (SSSR count). The van der Waals surface area contributed by atoms with E-state index in [-0.39, 0.29) is 24.6 Å². The van der Waals surface area contributed by atoms with E-state index in [2.05, 4.69) is 10.3 Å². The van der Waals surface area contributed by atoms with Gasteiger partial charge in [0.2, 0.25) is 5.91 Å². The molecule has 1 aromatic rings. The second kappa shape index (κ2) is 5.83. The van der Waals surface area contributed by atoms with Gasteiger partial charge in [-0.15, -0.1) is 0 Å². The molecule has 1 aromatic heterocycles. The molecule has 1 atom stereocenters. The first-order valence-corrected chi connectivity index (χ1v) is 6.26. The Hall–Kier alpha value is -1.89. The summed E-state index contributed by atoms with van der Waals surface area (Å²) in [5.74, 6) is -0.192. The molecule has 1 N–H and O–H groups in total. The molecule has 2 heterocycles. The number of morpholine rings is 1. The molecule has 1 unspecified atom stereocenters. The molecule has 0 aliphatic carbocycles. The van der Waals surface area contributed by atoms with Gasteiger partial charge in [0.25, 0.3) is 0 Å². The van der Waals surface area contributed by atoms with Crippen LogP contribution in [0.1, 0.15) is 13.8 Å². The van der Waals surface area contributed by atoms with E-state index < -0.39 is 6.04 Å². The van der Waals surface area contributed by atoms with Gasteiger partial charge >= 0.3 is 6.03 Å². The third kappa shape index (κ3) is 3.11. The Labute approximate surface area is 111 Å². The molecule has 0 radical (unpaired) electrons. The van der Waals surface area contributed by atoms with E-state index in [1.54, 1.807) is 6.20 Å². The van der Waals surface area contributed by atoms with Crippen molar-refractivity contribution in [2.24, 2.45) is 0 Å². The second-order valence-electron chi connectivity index (χ2n) is 4.70. The fourth-order valence-electron chi connectivity index (χ4n) is 1.95. The van der Waals surface area contributed by atoms with Crippen molar-refractivity contribution in [1.82, 2.24) is 19.8 Å². The number of hydrogen-bond donors (Lipinski definition) is 1. The Morgan fingerprint density at radius 2 is 2.26 bits per heavy atom. The average molecular weight is 266 g/mol. The van der Waals surface area contributed by atoms with Crippen molar-refractivity contribution in [2.75, 3.05) is 19.8 Å². The Kier molecular flexibility index (Phi) is 4.16. The summed E-state index contributed by atoms with van der Waals surface area (Å²) in [4.78, 5) is 29.7. The Bertz CT molecular complexity index is 444. The van der Waals surface area contributed by atoms with Crippen LogP contribution in [0, 0.1) is 0 Å². The first kappa shape index (κ1) is 13.5. The van der Waals surface area contributed by atoms with Gasteiger partial charge in [-0.25, -0.2) is 9.78 Å². The van der Waals surface area contributed by atoms with Gasteiger partial charge in [0.05, 0.1) is 13.2 Å². The van der Waals surface area contributed by atoms with Gasteiger partial charge in [-0.05, 0) is 13.8 Å². The summed E-state index contributed by atoms with van der Waals surface area (Å²) in [6, 6.07) is -0.824. The van der Waals surface area contributed by atoms with Crippen molar-refractivity contribution in [3.05, 3.63) is 18.7 Å². The number of carbonyl (C=O) groups excluding carboxylic acids is 2. The SMILES string of the molecule is CC(C)NC(=O)C1COCCN1C(=O)n1ccnc1. The number of nitrogens with zero attached hydrogens (tertiary/aromatic N) is 3. The number of nitrogens with one attached hydrogen (secondary N) is 1. The highest BCUT2D eigenvalue weighted by molar-refractivity contribution is 5.88. The lowest BCUT2D eigenvalue weighted by Crippen LogP contribution is -2.57. The lowest BCUT2D eigenvalue weighted by atomic mass is 10.2. The quantitative estimate of drug-likeness (QED) is 0.822. The Morgan fingerprint density at radius 3 is 2.89 bits per heavy atom. The van der Waals surface area contributed by atoms with Gasteiger partial charge in [-0.1, -0.05) is 0 Å². The molecule has 0 bridgehead atoms. The lowest BCUT2D eigenvalue weighted by molar-refractivity contribution is -0.130. The van der Waals surface area contributed by atoms with Gasteiger partial charge in [-0.2, -0.15) is 0 Å². The molecule has 7 nitrogen and oxygen atoms in total. The van der Waals surface area contributed by atoms with Crippen molar-refractivity contribution in [2.45, 2.75) is 25.9 Å². The first-order chi connectivity index (χ1) is 9.09. The maximum atomic E-state index is 12.3. The zero-order valence-electron chi connectivity index (χ0n) is 11.1. The number of imidazole rings is 1. The fraction of sp³-hybridized carbons (Fsp3) is 0.583. The highest BCUT2D eigenvalue weighted by atomic mass is 16.5. The van der Waals surface area contributed by atoms with E-state index in [0.717, 1.165) is 0 Å². The summed E-state index contributed by atoms with van der Waals surface area (Å²) in [5, 5.41) is 2.80. The maximum absolute atomic E-state index is 12.3. The number of rotatable bonds is 2. The molecule has 7 heteroatoms. The Morgan fingerprint density at radius 1 is 1.47 bits per heavy atom. The van der Waals surface area contributed by atoms with Crippen LogP contribution in [0.4, 0.5) is 4.79 Å². The second-order valence-corrected chi connectivity index (χ2v) is 4.70. The zero-order valence-corrected chi connectivity index (χ0v) is 11.1. The van der Waals surface area contributed by atoms with Crippen molar-refractivity contribution >= 4 is 11.9 Å². The number of carbonyl (C=O) groups is 2. The van der Waals surface area contributed by atoms with E-state index >= 15 is 0 Å². The molecule has 104 valence electrons. The number of aromatic nitrogens is 2. The molecule has 1 aliphatic rings. The molecular weight excluding hydrogens is 248 g/mol. The average Bonchev–Trinajstić information content (AvgIpc) is 2.91. The lowest BCUT2D eigenvalue weighted by Gasteiger charge is -2.34. The molecule has 1 fully saturated rings. The van der Waals surface area contributed by atoms with Gasteiger partial charge in [-0.3, -0.25) is 9.36 Å². The van der Waals surface area contributed by atoms with Crippen molar-refractivity contribution in [1.29, 1.82) is 0 Å². The molecule has 19 heavy (non-hydrogen) atoms. The van der Waals surface area contributed by atoms with E-state index in [9.17, 15) is 9.59 Å². The normalized spacial score (nSPS) is 19.5. The standard InChI is InChI=1S/C12H18N4O3/c1-9(2)14-11(17)10-7-19-6-5-16(10)12(18)15-4-3-13-8-15/h3-4,8-10H,5-7H2,1-2H3,(H,14,17). The summed E-state index contributed by atoms with van der Waals surface area (Å²) in [6.07, 6.45) is 4.52. The summed E-state index contributed by atoms with van der Waals surface area (Å²) in [5.41, 5.74) is 0. The van der Waals surface area contributed by atoms with Crippen molar-refractivity contribution in [3.63, 3.8) is 0 Å². The van der Waals surface area contributed by atoms with E-state index in [1.165, 1.54) is 22.0 Å². The predicted molar refractivity (Wildman–Crippen MR) is 67.6 cm³/mol. The van der Waals surface area contributed by atoms with Crippen LogP contribution in [-0.2, 0) is 9.53 Å². The summed E-state index contributed by atoms with van der Waals surface area (Å²) < 4.78 is 6.67. The smallest absolute Gasteiger partial charge is 0.330 e. The van der Waals surface area contributed by atoms with Crippen LogP contribution in [0.2, 0.25) is 0 Å². The zero-order chi connectivity index (χ0) is 13.8. The highest BCUT2D eigenvalue weighted by Crippen LogP contribution is 2.10. The molecule has 1 aliphatic heterocycles. The Balaban J connectivity index is 2.12. The summed E-state index contributed by atoms with van der Waals surface area (Å²) in [7, 11) is 0. The van der Waals surface area contributed by atoms with Crippen LogP contribution in [0.5, 0.6) is 0 Å². The molecule has 0 aromatic carbocycles. The van der Waals surface area contributed by atoms with Crippen LogP contribution >= 0.6 is 0 Å². The topological polar surface area (TPSA) is 76.5 Å². The van der Waals surface area contributed by atoms with Crippen molar-refractivity contribution < 1.29 is 14.3 Å². The highest BCUT2D eigenvalue weighted by Gasteiger charge is 2.33. The van der Waals surface area contributed by atoms with Crippen LogP contribution < -0.4 is 5.32 Å². The number of amides is 2. The van der Waals surface area contributed by atoms with Crippen LogP contribution in [-0.4, -0.2) is 58.2 Å². The van der Waals surface area contributed by atoms with E-state index in [0.29, 0.717) is 13.2 Å². The van der Waals surface area contributed by atoms with Crippen LogP contribution in [0.25, 0.3) is 0 Å². The monoisotopic (exact) mass is 266 g/mol. The first-order valence-electron chi connectivity index (χ1n) is 6.26. The van der Waals surface area contributed by atoms with Gasteiger partial charge in [0.1, 0.15) is 12.4 Å². The summed E-state index contributed by atoms with van der Waals surface area (Å²) in [6.45, 7) is 4.81. The van der Waals surface area contributed by atoms with Gasteiger partial charge < -0.3 is 15.0 Å². The van der Waals surface area contributed by atoms with Gasteiger partial charge in [0, 0.05) is 25.0 Å².